The average Bonchev–Trinajstić information content (AvgIpc) is 2.38. The zero-order valence-electron chi connectivity index (χ0n) is 8.78. The smallest absolute Gasteiger partial charge is 0.105 e. The predicted molar refractivity (Wildman–Crippen MR) is 66.4 cm³/mol. The van der Waals surface area contributed by atoms with E-state index in [0.29, 0.717) is 5.75 Å². The van der Waals surface area contributed by atoms with Gasteiger partial charge in [0.1, 0.15) is 6.10 Å². The van der Waals surface area contributed by atoms with Crippen LogP contribution in [0, 0.1) is 0 Å². The number of hydrogen-bond donors (Lipinski definition) is 1. The lowest BCUT2D eigenvalue weighted by Crippen LogP contribution is -2.02. The predicted octanol–water partition coefficient (Wildman–Crippen LogP) is 2.91. The van der Waals surface area contributed by atoms with Crippen LogP contribution >= 0.6 is 11.8 Å². The molecule has 0 unspecified atom stereocenters. The minimum Gasteiger partial charge on any atom is -0.386 e. The van der Waals surface area contributed by atoms with Crippen molar-refractivity contribution in [1.29, 1.82) is 0 Å². The number of benzene rings is 1. The SMILES string of the molecule is O[C@H](CSc1ccccc1)c1ccccn1. The first-order valence-electron chi connectivity index (χ1n) is 5.13. The van der Waals surface area contributed by atoms with Gasteiger partial charge in [-0.3, -0.25) is 4.98 Å². The molecular formula is C13H13NOS. The number of aromatic nitrogens is 1. The highest BCUT2D eigenvalue weighted by Gasteiger charge is 2.08. The first-order valence-corrected chi connectivity index (χ1v) is 6.11. The van der Waals surface area contributed by atoms with Crippen molar-refractivity contribution in [3.8, 4) is 0 Å². The number of rotatable bonds is 4. The molecule has 0 bridgehead atoms. The van der Waals surface area contributed by atoms with E-state index >= 15 is 0 Å². The topological polar surface area (TPSA) is 33.1 Å². The highest BCUT2D eigenvalue weighted by atomic mass is 32.2. The molecule has 0 aliphatic carbocycles. The molecule has 2 nitrogen and oxygen atoms in total. The Labute approximate surface area is 99.4 Å². The van der Waals surface area contributed by atoms with E-state index in [9.17, 15) is 5.11 Å². The molecule has 16 heavy (non-hydrogen) atoms. The highest BCUT2D eigenvalue weighted by Crippen LogP contribution is 2.23. The molecule has 2 aromatic rings. The highest BCUT2D eigenvalue weighted by molar-refractivity contribution is 7.99. The van der Waals surface area contributed by atoms with Crippen LogP contribution in [-0.2, 0) is 0 Å². The van der Waals surface area contributed by atoms with Gasteiger partial charge in [-0.05, 0) is 24.3 Å². The van der Waals surface area contributed by atoms with Crippen molar-refractivity contribution >= 4 is 11.8 Å². The Morgan fingerprint density at radius 2 is 1.81 bits per heavy atom. The monoisotopic (exact) mass is 231 g/mol. The maximum absolute atomic E-state index is 9.90. The fourth-order valence-corrected chi connectivity index (χ4v) is 2.22. The first-order chi connectivity index (χ1) is 7.86. The number of nitrogens with zero attached hydrogens (tertiary/aromatic N) is 1. The van der Waals surface area contributed by atoms with Crippen LogP contribution in [0.15, 0.2) is 59.6 Å². The van der Waals surface area contributed by atoms with Crippen LogP contribution in [0.5, 0.6) is 0 Å². The van der Waals surface area contributed by atoms with E-state index in [1.807, 2.05) is 48.5 Å². The molecular weight excluding hydrogens is 218 g/mol. The maximum Gasteiger partial charge on any atom is 0.105 e. The van der Waals surface area contributed by atoms with Crippen molar-refractivity contribution in [3.63, 3.8) is 0 Å². The van der Waals surface area contributed by atoms with Gasteiger partial charge in [0.25, 0.3) is 0 Å². The molecule has 0 spiro atoms. The summed E-state index contributed by atoms with van der Waals surface area (Å²) < 4.78 is 0. The molecule has 82 valence electrons. The second-order valence-corrected chi connectivity index (χ2v) is 4.49. The van der Waals surface area contributed by atoms with Gasteiger partial charge in [0.15, 0.2) is 0 Å². The number of thioether (sulfide) groups is 1. The molecule has 0 saturated heterocycles. The Kier molecular flexibility index (Phi) is 3.97. The molecule has 1 aromatic heterocycles. The third-order valence-electron chi connectivity index (χ3n) is 2.18. The van der Waals surface area contributed by atoms with Gasteiger partial charge >= 0.3 is 0 Å². The molecule has 0 amide bonds. The van der Waals surface area contributed by atoms with Gasteiger partial charge in [-0.2, -0.15) is 0 Å². The van der Waals surface area contributed by atoms with Gasteiger partial charge < -0.3 is 5.11 Å². The summed E-state index contributed by atoms with van der Waals surface area (Å²) in [7, 11) is 0. The summed E-state index contributed by atoms with van der Waals surface area (Å²) >= 11 is 1.63. The van der Waals surface area contributed by atoms with Crippen molar-refractivity contribution in [2.24, 2.45) is 0 Å². The quantitative estimate of drug-likeness (QED) is 0.821. The van der Waals surface area contributed by atoms with Gasteiger partial charge in [0.2, 0.25) is 0 Å². The summed E-state index contributed by atoms with van der Waals surface area (Å²) in [4.78, 5) is 5.29. The number of pyridine rings is 1. The average molecular weight is 231 g/mol. The fraction of sp³-hybridized carbons (Fsp3) is 0.154. The van der Waals surface area contributed by atoms with E-state index in [0.717, 1.165) is 10.6 Å². The van der Waals surface area contributed by atoms with Crippen LogP contribution in [-0.4, -0.2) is 15.8 Å². The van der Waals surface area contributed by atoms with Crippen molar-refractivity contribution < 1.29 is 5.11 Å². The van der Waals surface area contributed by atoms with E-state index < -0.39 is 6.10 Å². The van der Waals surface area contributed by atoms with Gasteiger partial charge in [-0.1, -0.05) is 24.3 Å². The van der Waals surface area contributed by atoms with Gasteiger partial charge in [-0.25, -0.2) is 0 Å². The third kappa shape index (κ3) is 3.08. The lowest BCUT2D eigenvalue weighted by atomic mass is 10.2. The van der Waals surface area contributed by atoms with Crippen LogP contribution < -0.4 is 0 Å². The zero-order valence-corrected chi connectivity index (χ0v) is 9.60. The zero-order chi connectivity index (χ0) is 11.2. The summed E-state index contributed by atoms with van der Waals surface area (Å²) in [6.07, 6.45) is 1.19. The van der Waals surface area contributed by atoms with E-state index in [4.69, 9.17) is 0 Å². The standard InChI is InChI=1S/C13H13NOS/c15-13(12-8-4-5-9-14-12)10-16-11-6-2-1-3-7-11/h1-9,13,15H,10H2/t13-/m1/s1. The molecule has 1 atom stereocenters. The van der Waals surface area contributed by atoms with E-state index in [1.165, 1.54) is 0 Å². The molecule has 1 N–H and O–H groups in total. The summed E-state index contributed by atoms with van der Waals surface area (Å²) in [5.41, 5.74) is 0.728. The van der Waals surface area contributed by atoms with Crippen LogP contribution in [0.4, 0.5) is 0 Å². The van der Waals surface area contributed by atoms with E-state index in [2.05, 4.69) is 4.98 Å². The Hall–Kier alpha value is -1.32. The molecule has 0 saturated carbocycles. The van der Waals surface area contributed by atoms with Crippen molar-refractivity contribution in [2.75, 3.05) is 5.75 Å². The number of aliphatic hydroxyl groups excluding tert-OH is 1. The van der Waals surface area contributed by atoms with Gasteiger partial charge in [0, 0.05) is 16.8 Å². The molecule has 3 heteroatoms. The summed E-state index contributed by atoms with van der Waals surface area (Å²) in [5.74, 6) is 0.626. The number of aliphatic hydroxyl groups is 1. The normalized spacial score (nSPS) is 12.3. The van der Waals surface area contributed by atoms with Crippen LogP contribution in [0.2, 0.25) is 0 Å². The molecule has 1 heterocycles. The van der Waals surface area contributed by atoms with E-state index in [-0.39, 0.29) is 0 Å². The molecule has 0 aliphatic rings. The molecule has 0 fully saturated rings. The molecule has 2 rings (SSSR count). The van der Waals surface area contributed by atoms with Gasteiger partial charge in [0.05, 0.1) is 5.69 Å². The van der Waals surface area contributed by atoms with Crippen molar-refractivity contribution in [1.82, 2.24) is 4.98 Å². The Morgan fingerprint density at radius 3 is 2.50 bits per heavy atom. The van der Waals surface area contributed by atoms with Crippen LogP contribution in [0.3, 0.4) is 0 Å². The fourth-order valence-electron chi connectivity index (χ4n) is 1.35. The van der Waals surface area contributed by atoms with Crippen molar-refractivity contribution in [3.05, 3.63) is 60.4 Å². The summed E-state index contributed by atoms with van der Waals surface area (Å²) in [6, 6.07) is 15.6. The maximum atomic E-state index is 9.90. The van der Waals surface area contributed by atoms with Crippen LogP contribution in [0.1, 0.15) is 11.8 Å². The Balaban J connectivity index is 1.92. The second-order valence-electron chi connectivity index (χ2n) is 3.39. The minimum absolute atomic E-state index is 0.508. The summed E-state index contributed by atoms with van der Waals surface area (Å²) in [6.45, 7) is 0. The molecule has 0 aliphatic heterocycles. The second kappa shape index (κ2) is 5.68. The Morgan fingerprint density at radius 1 is 1.06 bits per heavy atom. The van der Waals surface area contributed by atoms with Crippen molar-refractivity contribution in [2.45, 2.75) is 11.0 Å². The lowest BCUT2D eigenvalue weighted by Gasteiger charge is -2.09. The minimum atomic E-state index is -0.508. The third-order valence-corrected chi connectivity index (χ3v) is 3.27. The Bertz CT molecular complexity index is 418. The first kappa shape index (κ1) is 11.2. The largest absolute Gasteiger partial charge is 0.386 e. The lowest BCUT2D eigenvalue weighted by molar-refractivity contribution is 0.199. The molecule has 0 radical (unpaired) electrons. The van der Waals surface area contributed by atoms with Gasteiger partial charge in [-0.15, -0.1) is 11.8 Å². The summed E-state index contributed by atoms with van der Waals surface area (Å²) in [5, 5.41) is 9.90. The molecule has 1 aromatic carbocycles. The number of hydrogen-bond acceptors (Lipinski definition) is 3. The van der Waals surface area contributed by atoms with Crippen LogP contribution in [0.25, 0.3) is 0 Å². The van der Waals surface area contributed by atoms with E-state index in [1.54, 1.807) is 18.0 Å².